The molecule has 37 heavy (non-hydrogen) atoms. The van der Waals surface area contributed by atoms with Gasteiger partial charge in [0.15, 0.2) is 15.7 Å². The highest BCUT2D eigenvalue weighted by molar-refractivity contribution is 7.92. The fourth-order valence-electron chi connectivity index (χ4n) is 3.40. The Hall–Kier alpha value is -3.21. The first kappa shape index (κ1) is 28.4. The minimum Gasteiger partial charge on any atom is -0.338 e. The highest BCUT2D eigenvalue weighted by atomic mass is 35.5. The van der Waals surface area contributed by atoms with Crippen molar-refractivity contribution in [3.05, 3.63) is 59.2 Å². The van der Waals surface area contributed by atoms with Crippen molar-refractivity contribution in [3.63, 3.8) is 0 Å². The van der Waals surface area contributed by atoms with Crippen molar-refractivity contribution in [1.82, 2.24) is 15.3 Å². The highest BCUT2D eigenvalue weighted by Crippen LogP contribution is 2.31. The summed E-state index contributed by atoms with van der Waals surface area (Å²) in [7, 11) is -3.53. The second-order valence-electron chi connectivity index (χ2n) is 9.33. The SMILES string of the molecule is Cc1cc(NC(=O)CNCC(C)C)ccc1Nc1ncc(Cl)c(Nc2ccccc2S(=O)(=O)C(C)C)n1. The Kier molecular flexibility index (Phi) is 9.47. The Morgan fingerprint density at radius 3 is 2.43 bits per heavy atom. The van der Waals surface area contributed by atoms with E-state index < -0.39 is 15.1 Å². The number of aromatic nitrogens is 2. The van der Waals surface area contributed by atoms with Crippen LogP contribution in [0.5, 0.6) is 0 Å². The number of halogens is 1. The van der Waals surface area contributed by atoms with E-state index in [0.29, 0.717) is 17.3 Å². The van der Waals surface area contributed by atoms with Gasteiger partial charge in [-0.3, -0.25) is 4.79 Å². The van der Waals surface area contributed by atoms with Crippen molar-refractivity contribution in [2.24, 2.45) is 5.92 Å². The van der Waals surface area contributed by atoms with Crippen LogP contribution in [-0.2, 0) is 14.6 Å². The second-order valence-corrected chi connectivity index (χ2v) is 12.2. The van der Waals surface area contributed by atoms with Gasteiger partial charge in [0.25, 0.3) is 0 Å². The molecule has 2 aromatic carbocycles. The number of nitrogens with zero attached hydrogens (tertiary/aromatic N) is 2. The molecule has 1 amide bonds. The van der Waals surface area contributed by atoms with Gasteiger partial charge in [0.1, 0.15) is 5.02 Å². The van der Waals surface area contributed by atoms with Gasteiger partial charge in [0.2, 0.25) is 11.9 Å². The van der Waals surface area contributed by atoms with Crippen LogP contribution in [0.2, 0.25) is 5.02 Å². The van der Waals surface area contributed by atoms with Crippen LogP contribution in [0.3, 0.4) is 0 Å². The highest BCUT2D eigenvalue weighted by Gasteiger charge is 2.23. The molecule has 0 aliphatic carbocycles. The number of hydrogen-bond acceptors (Lipinski definition) is 8. The van der Waals surface area contributed by atoms with Gasteiger partial charge in [-0.1, -0.05) is 37.6 Å². The molecule has 3 aromatic rings. The van der Waals surface area contributed by atoms with Crippen molar-refractivity contribution in [1.29, 1.82) is 0 Å². The molecule has 0 radical (unpaired) electrons. The molecule has 11 heteroatoms. The van der Waals surface area contributed by atoms with Gasteiger partial charge in [-0.2, -0.15) is 4.98 Å². The fourth-order valence-corrected chi connectivity index (χ4v) is 4.74. The Balaban J connectivity index is 1.75. The Labute approximate surface area is 223 Å². The molecule has 0 bridgehead atoms. The largest absolute Gasteiger partial charge is 0.338 e. The zero-order valence-corrected chi connectivity index (χ0v) is 23.2. The number of benzene rings is 2. The minimum absolute atomic E-state index is 0.114. The van der Waals surface area contributed by atoms with Gasteiger partial charge in [-0.05, 0) is 69.1 Å². The molecule has 0 atom stereocenters. The Bertz CT molecular complexity index is 1360. The maximum Gasteiger partial charge on any atom is 0.238 e. The third-order valence-corrected chi connectivity index (χ3v) is 7.89. The van der Waals surface area contributed by atoms with Crippen molar-refractivity contribution in [2.45, 2.75) is 44.8 Å². The van der Waals surface area contributed by atoms with Crippen LogP contribution < -0.4 is 21.3 Å². The molecule has 9 nitrogen and oxygen atoms in total. The van der Waals surface area contributed by atoms with Gasteiger partial charge >= 0.3 is 0 Å². The number of anilines is 5. The fraction of sp³-hybridized carbons (Fsp3) is 0.346. The van der Waals surface area contributed by atoms with Crippen LogP contribution in [0.4, 0.5) is 28.8 Å². The lowest BCUT2D eigenvalue weighted by Gasteiger charge is -2.16. The van der Waals surface area contributed by atoms with Gasteiger partial charge in [-0.15, -0.1) is 0 Å². The molecule has 0 aliphatic heterocycles. The number of nitrogens with one attached hydrogen (secondary N) is 4. The summed E-state index contributed by atoms with van der Waals surface area (Å²) in [6, 6.07) is 12.1. The topological polar surface area (TPSA) is 125 Å². The first-order valence-corrected chi connectivity index (χ1v) is 13.9. The average Bonchev–Trinajstić information content (AvgIpc) is 2.83. The molecule has 1 heterocycles. The van der Waals surface area contributed by atoms with Crippen LogP contribution in [0.15, 0.2) is 53.6 Å². The zero-order valence-electron chi connectivity index (χ0n) is 21.6. The van der Waals surface area contributed by atoms with Crippen molar-refractivity contribution >= 4 is 56.2 Å². The van der Waals surface area contributed by atoms with Crippen molar-refractivity contribution in [3.8, 4) is 0 Å². The maximum atomic E-state index is 12.8. The normalized spacial score (nSPS) is 11.6. The lowest BCUT2D eigenvalue weighted by Crippen LogP contribution is -2.30. The molecule has 0 saturated carbocycles. The van der Waals surface area contributed by atoms with E-state index in [4.69, 9.17) is 11.6 Å². The van der Waals surface area contributed by atoms with E-state index in [9.17, 15) is 13.2 Å². The number of hydrogen-bond donors (Lipinski definition) is 4. The van der Waals surface area contributed by atoms with E-state index in [1.165, 1.54) is 6.20 Å². The zero-order chi connectivity index (χ0) is 27.2. The molecule has 4 N–H and O–H groups in total. The van der Waals surface area contributed by atoms with E-state index in [0.717, 1.165) is 17.8 Å². The molecular weight excluding hydrogens is 512 g/mol. The van der Waals surface area contributed by atoms with Crippen LogP contribution in [0.1, 0.15) is 33.3 Å². The van der Waals surface area contributed by atoms with Crippen molar-refractivity contribution in [2.75, 3.05) is 29.0 Å². The smallest absolute Gasteiger partial charge is 0.238 e. The summed E-state index contributed by atoms with van der Waals surface area (Å²) >= 11 is 6.32. The summed E-state index contributed by atoms with van der Waals surface area (Å²) in [6.07, 6.45) is 1.44. The standard InChI is InChI=1S/C26H33ClN6O3S/c1-16(2)13-28-15-24(34)30-19-10-11-21(18(5)12-19)32-26-29-14-20(27)25(33-26)31-22-8-6-7-9-23(22)37(35,36)17(3)4/h6-12,14,16-17,28H,13,15H2,1-5H3,(H,30,34)(H2,29,31,32,33). The van der Waals surface area contributed by atoms with Crippen LogP contribution >= 0.6 is 11.6 Å². The number of para-hydroxylation sites is 1. The van der Waals surface area contributed by atoms with Gasteiger partial charge < -0.3 is 21.3 Å². The van der Waals surface area contributed by atoms with E-state index in [1.807, 2.05) is 19.1 Å². The Morgan fingerprint density at radius 1 is 1.03 bits per heavy atom. The molecule has 0 unspecified atom stereocenters. The number of aryl methyl sites for hydroxylation is 1. The summed E-state index contributed by atoms with van der Waals surface area (Å²) in [5.41, 5.74) is 2.67. The molecule has 1 aromatic heterocycles. The lowest BCUT2D eigenvalue weighted by molar-refractivity contribution is -0.115. The monoisotopic (exact) mass is 544 g/mol. The molecule has 3 rings (SSSR count). The number of carbonyl (C=O) groups excluding carboxylic acids is 1. The molecular formula is C26H33ClN6O3S. The summed E-state index contributed by atoms with van der Waals surface area (Å²) in [4.78, 5) is 21.0. The quantitative estimate of drug-likeness (QED) is 0.256. The number of amides is 1. The number of sulfone groups is 1. The molecule has 198 valence electrons. The first-order valence-electron chi connectivity index (χ1n) is 12.0. The van der Waals surface area contributed by atoms with Gasteiger partial charge in [0, 0.05) is 11.4 Å². The first-order chi connectivity index (χ1) is 17.5. The molecule has 0 fully saturated rings. The maximum absolute atomic E-state index is 12.8. The van der Waals surface area contributed by atoms with E-state index in [2.05, 4.69) is 45.1 Å². The third kappa shape index (κ3) is 7.64. The molecule has 0 saturated heterocycles. The summed E-state index contributed by atoms with van der Waals surface area (Å²) in [5, 5.41) is 11.8. The van der Waals surface area contributed by atoms with E-state index in [-0.39, 0.29) is 34.1 Å². The van der Waals surface area contributed by atoms with Gasteiger partial charge in [0.05, 0.1) is 28.6 Å². The van der Waals surface area contributed by atoms with Crippen molar-refractivity contribution < 1.29 is 13.2 Å². The van der Waals surface area contributed by atoms with E-state index in [1.54, 1.807) is 44.2 Å². The predicted octanol–water partition coefficient (Wildman–Crippen LogP) is 5.29. The minimum atomic E-state index is -3.53. The van der Waals surface area contributed by atoms with Gasteiger partial charge in [-0.25, -0.2) is 13.4 Å². The summed E-state index contributed by atoms with van der Waals surface area (Å²) < 4.78 is 25.6. The van der Waals surface area contributed by atoms with E-state index >= 15 is 0 Å². The number of carbonyl (C=O) groups is 1. The average molecular weight is 545 g/mol. The lowest BCUT2D eigenvalue weighted by atomic mass is 10.1. The number of rotatable bonds is 11. The molecule has 0 spiro atoms. The summed E-state index contributed by atoms with van der Waals surface area (Å²) in [5.74, 6) is 0.890. The summed E-state index contributed by atoms with van der Waals surface area (Å²) in [6.45, 7) is 10.3. The second kappa shape index (κ2) is 12.4. The predicted molar refractivity (Wildman–Crippen MR) is 150 cm³/mol. The third-order valence-electron chi connectivity index (χ3n) is 5.41. The Morgan fingerprint density at radius 2 is 1.76 bits per heavy atom. The molecule has 0 aliphatic rings. The van der Waals surface area contributed by atoms with Crippen LogP contribution in [0, 0.1) is 12.8 Å². The van der Waals surface area contributed by atoms with Crippen LogP contribution in [0.25, 0.3) is 0 Å². The van der Waals surface area contributed by atoms with Crippen LogP contribution in [-0.4, -0.2) is 42.6 Å².